The van der Waals surface area contributed by atoms with Crippen molar-refractivity contribution in [2.45, 2.75) is 26.9 Å². The zero-order valence-corrected chi connectivity index (χ0v) is 6.63. The molecule has 0 saturated carbocycles. The van der Waals surface area contributed by atoms with E-state index >= 15 is 0 Å². The fourth-order valence-corrected chi connectivity index (χ4v) is 0.427. The van der Waals surface area contributed by atoms with Crippen LogP contribution in [0.25, 0.3) is 0 Å². The van der Waals surface area contributed by atoms with Gasteiger partial charge >= 0.3 is 5.97 Å². The zero-order valence-electron chi connectivity index (χ0n) is 6.63. The Kier molecular flexibility index (Phi) is 4.63. The van der Waals surface area contributed by atoms with Gasteiger partial charge in [-0.3, -0.25) is 0 Å². The van der Waals surface area contributed by atoms with E-state index in [2.05, 4.69) is 0 Å². The molecule has 0 heterocycles. The monoisotopic (exact) mass is 141 g/mol. The molecule has 0 spiro atoms. The van der Waals surface area contributed by atoms with Crippen molar-refractivity contribution in [3.8, 4) is 0 Å². The molecule has 57 valence electrons. The quantitative estimate of drug-likeness (QED) is 0.442. The van der Waals surface area contributed by atoms with Crippen LogP contribution in [0.3, 0.4) is 0 Å². The van der Waals surface area contributed by atoms with Crippen LogP contribution in [0.2, 0.25) is 0 Å². The molecule has 2 heteroatoms. The number of rotatable bonds is 3. The Morgan fingerprint density at radius 2 is 2.10 bits per heavy atom. The zero-order chi connectivity index (χ0) is 7.98. The predicted molar refractivity (Wildman–Crippen MR) is 40.3 cm³/mol. The van der Waals surface area contributed by atoms with Crippen molar-refractivity contribution in [2.24, 2.45) is 0 Å². The lowest BCUT2D eigenvalue weighted by atomic mass is 10.3. The van der Waals surface area contributed by atoms with Gasteiger partial charge in [0.1, 0.15) is 6.10 Å². The van der Waals surface area contributed by atoms with Crippen molar-refractivity contribution < 1.29 is 9.53 Å². The average molecular weight is 141 g/mol. The van der Waals surface area contributed by atoms with Crippen molar-refractivity contribution in [2.75, 3.05) is 0 Å². The molecule has 0 aliphatic rings. The summed E-state index contributed by atoms with van der Waals surface area (Å²) in [5, 5.41) is 0. The minimum atomic E-state index is -0.284. The van der Waals surface area contributed by atoms with Gasteiger partial charge in [-0.15, -0.1) is 0 Å². The Morgan fingerprint density at radius 3 is 2.50 bits per heavy atom. The number of carbonyl (C=O) groups is 1. The third-order valence-corrected chi connectivity index (χ3v) is 1.07. The van der Waals surface area contributed by atoms with E-state index in [1.54, 1.807) is 13.0 Å². The molecule has 1 radical (unpaired) electrons. The van der Waals surface area contributed by atoms with Gasteiger partial charge in [-0.1, -0.05) is 13.0 Å². The highest BCUT2D eigenvalue weighted by Crippen LogP contribution is 1.95. The molecule has 0 amide bonds. The van der Waals surface area contributed by atoms with E-state index in [4.69, 9.17) is 4.74 Å². The second-order valence-electron chi connectivity index (χ2n) is 1.98. The van der Waals surface area contributed by atoms with Crippen molar-refractivity contribution in [1.29, 1.82) is 0 Å². The van der Waals surface area contributed by atoms with Gasteiger partial charge in [-0.25, -0.2) is 4.79 Å². The molecule has 1 unspecified atom stereocenters. The van der Waals surface area contributed by atoms with Gasteiger partial charge in [0.25, 0.3) is 0 Å². The van der Waals surface area contributed by atoms with Crippen LogP contribution in [0.15, 0.2) is 12.2 Å². The van der Waals surface area contributed by atoms with Crippen LogP contribution >= 0.6 is 0 Å². The van der Waals surface area contributed by atoms with Crippen LogP contribution in [-0.4, -0.2) is 12.1 Å². The summed E-state index contributed by atoms with van der Waals surface area (Å²) in [7, 11) is 0. The van der Waals surface area contributed by atoms with Gasteiger partial charge in [-0.05, 0) is 20.3 Å². The highest BCUT2D eigenvalue weighted by atomic mass is 16.5. The van der Waals surface area contributed by atoms with Crippen molar-refractivity contribution in [3.63, 3.8) is 0 Å². The minimum Gasteiger partial charge on any atom is -0.459 e. The van der Waals surface area contributed by atoms with Crippen LogP contribution in [0.1, 0.15) is 20.8 Å². The molecular weight excluding hydrogens is 128 g/mol. The van der Waals surface area contributed by atoms with Gasteiger partial charge in [0.15, 0.2) is 0 Å². The minimum absolute atomic E-state index is 0.0938. The molecular formula is C8H13O2. The number of esters is 1. The van der Waals surface area contributed by atoms with E-state index in [9.17, 15) is 4.79 Å². The predicted octanol–water partition coefficient (Wildman–Crippen LogP) is 1.72. The van der Waals surface area contributed by atoms with E-state index in [-0.39, 0.29) is 12.1 Å². The first kappa shape index (κ1) is 9.21. The third kappa shape index (κ3) is 4.13. The molecule has 1 atom stereocenters. The van der Waals surface area contributed by atoms with E-state index < -0.39 is 0 Å². The highest BCUT2D eigenvalue weighted by molar-refractivity contribution is 5.81. The lowest BCUT2D eigenvalue weighted by molar-refractivity contribution is -0.140. The van der Waals surface area contributed by atoms with Gasteiger partial charge in [0, 0.05) is 6.08 Å². The lowest BCUT2D eigenvalue weighted by Gasteiger charge is -2.06. The Hall–Kier alpha value is -0.790. The lowest BCUT2D eigenvalue weighted by Crippen LogP contribution is -2.11. The van der Waals surface area contributed by atoms with Crippen LogP contribution in [0.4, 0.5) is 0 Å². The summed E-state index contributed by atoms with van der Waals surface area (Å²) in [6.45, 7) is 5.45. The molecule has 10 heavy (non-hydrogen) atoms. The summed E-state index contributed by atoms with van der Waals surface area (Å²) in [5.41, 5.74) is 0. The van der Waals surface area contributed by atoms with Gasteiger partial charge in [0.05, 0.1) is 0 Å². The number of carbonyl (C=O) groups excluding carboxylic acids is 1. The Bertz CT molecular complexity index is 127. The highest BCUT2D eigenvalue weighted by Gasteiger charge is 2.01. The number of hydrogen-bond acceptors (Lipinski definition) is 2. The van der Waals surface area contributed by atoms with Crippen LogP contribution in [0.5, 0.6) is 0 Å². The van der Waals surface area contributed by atoms with E-state index in [1.165, 1.54) is 6.08 Å². The normalized spacial score (nSPS) is 13.5. The third-order valence-electron chi connectivity index (χ3n) is 1.07. The summed E-state index contributed by atoms with van der Waals surface area (Å²) in [4.78, 5) is 10.7. The first-order valence-corrected chi connectivity index (χ1v) is 3.33. The van der Waals surface area contributed by atoms with Gasteiger partial charge in [0.2, 0.25) is 0 Å². The molecule has 0 rings (SSSR count). The molecule has 0 bridgehead atoms. The second kappa shape index (κ2) is 5.03. The molecule has 0 aromatic carbocycles. The summed E-state index contributed by atoms with van der Waals surface area (Å²) in [5.74, 6) is -0.284. The Morgan fingerprint density at radius 1 is 1.50 bits per heavy atom. The summed E-state index contributed by atoms with van der Waals surface area (Å²) in [6, 6.07) is 0. The first-order chi connectivity index (χ1) is 4.70. The maximum absolute atomic E-state index is 10.7. The van der Waals surface area contributed by atoms with E-state index in [0.717, 1.165) is 0 Å². The second-order valence-corrected chi connectivity index (χ2v) is 1.98. The van der Waals surface area contributed by atoms with Crippen molar-refractivity contribution >= 4 is 5.97 Å². The Labute approximate surface area is 61.9 Å². The molecule has 0 fully saturated rings. The standard InChI is InChI=1S/C8H13O2/c1-4-6-8(9)10-7(3)5-2/h4-7H,1-3H3. The molecule has 0 N–H and O–H groups in total. The van der Waals surface area contributed by atoms with Crippen molar-refractivity contribution in [1.82, 2.24) is 0 Å². The molecule has 0 aliphatic heterocycles. The molecule has 0 aliphatic carbocycles. The smallest absolute Gasteiger partial charge is 0.330 e. The van der Waals surface area contributed by atoms with Crippen LogP contribution in [-0.2, 0) is 9.53 Å². The molecule has 0 aromatic rings. The molecule has 2 nitrogen and oxygen atoms in total. The maximum atomic E-state index is 10.7. The fraction of sp³-hybridized carbons (Fsp3) is 0.500. The molecule has 0 saturated heterocycles. The van der Waals surface area contributed by atoms with E-state index in [1.807, 2.05) is 20.3 Å². The average Bonchev–Trinajstić information content (AvgIpc) is 1.88. The van der Waals surface area contributed by atoms with Crippen molar-refractivity contribution in [3.05, 3.63) is 18.6 Å². The Balaban J connectivity index is 3.57. The largest absolute Gasteiger partial charge is 0.459 e. The topological polar surface area (TPSA) is 26.3 Å². The summed E-state index contributed by atoms with van der Waals surface area (Å²) < 4.78 is 4.86. The summed E-state index contributed by atoms with van der Waals surface area (Å²) in [6.07, 6.45) is 4.79. The number of allylic oxidation sites excluding steroid dienone is 1. The van der Waals surface area contributed by atoms with E-state index in [0.29, 0.717) is 0 Å². The fourth-order valence-electron chi connectivity index (χ4n) is 0.427. The van der Waals surface area contributed by atoms with Crippen LogP contribution in [0, 0.1) is 6.42 Å². The number of hydrogen-bond donors (Lipinski definition) is 0. The summed E-state index contributed by atoms with van der Waals surface area (Å²) >= 11 is 0. The van der Waals surface area contributed by atoms with Gasteiger partial charge in [-0.2, -0.15) is 0 Å². The SMILES string of the molecule is C[CH]C(C)OC(=O)C=CC. The van der Waals surface area contributed by atoms with Crippen LogP contribution < -0.4 is 0 Å². The van der Waals surface area contributed by atoms with Gasteiger partial charge < -0.3 is 4.74 Å². The number of ether oxygens (including phenoxy) is 1. The first-order valence-electron chi connectivity index (χ1n) is 3.33. The maximum Gasteiger partial charge on any atom is 0.330 e. The molecule has 0 aromatic heterocycles.